The Balaban J connectivity index is 1.48. The Labute approximate surface area is 155 Å². The molecule has 6 heteroatoms. The van der Waals surface area contributed by atoms with Crippen molar-refractivity contribution in [2.45, 2.75) is 18.9 Å². The molecule has 0 aliphatic carbocycles. The summed E-state index contributed by atoms with van der Waals surface area (Å²) in [5.41, 5.74) is 0.919. The summed E-state index contributed by atoms with van der Waals surface area (Å²) in [4.78, 5) is 0. The van der Waals surface area contributed by atoms with Crippen LogP contribution in [0.4, 0.5) is 5.69 Å². The SMILES string of the molecule is S=C(NC[C@@H]1CCCO1)Nc1ccc(Oc2ccc(Br)cc2)cc1. The molecule has 0 saturated carbocycles. The van der Waals surface area contributed by atoms with E-state index in [-0.39, 0.29) is 6.10 Å². The molecule has 1 aliphatic heterocycles. The number of halogens is 1. The molecule has 0 aromatic heterocycles. The zero-order valence-corrected chi connectivity index (χ0v) is 15.5. The van der Waals surface area contributed by atoms with E-state index >= 15 is 0 Å². The number of hydrogen-bond acceptors (Lipinski definition) is 3. The van der Waals surface area contributed by atoms with Crippen LogP contribution in [0, 0.1) is 0 Å². The minimum absolute atomic E-state index is 0.270. The van der Waals surface area contributed by atoms with Crippen LogP contribution in [0.5, 0.6) is 11.5 Å². The molecule has 1 saturated heterocycles. The van der Waals surface area contributed by atoms with Gasteiger partial charge in [-0.25, -0.2) is 0 Å². The standard InChI is InChI=1S/C18H19BrN2O2S/c19-13-3-7-15(8-4-13)23-16-9-5-14(6-10-16)21-18(24)20-12-17-2-1-11-22-17/h3-10,17H,1-2,11-12H2,(H2,20,21,24)/t17-/m0/s1. The second kappa shape index (κ2) is 8.46. The Bertz CT molecular complexity index is 670. The van der Waals surface area contributed by atoms with Gasteiger partial charge in [0.05, 0.1) is 6.10 Å². The van der Waals surface area contributed by atoms with Crippen LogP contribution in [0.3, 0.4) is 0 Å². The molecule has 0 unspecified atom stereocenters. The largest absolute Gasteiger partial charge is 0.457 e. The number of hydrogen-bond donors (Lipinski definition) is 2. The van der Waals surface area contributed by atoms with Crippen LogP contribution in [0.2, 0.25) is 0 Å². The first kappa shape index (κ1) is 17.2. The van der Waals surface area contributed by atoms with Gasteiger partial charge in [-0.15, -0.1) is 0 Å². The van der Waals surface area contributed by atoms with Crippen molar-refractivity contribution in [2.75, 3.05) is 18.5 Å². The molecule has 1 heterocycles. The molecule has 0 spiro atoms. The van der Waals surface area contributed by atoms with Gasteiger partial charge in [0.25, 0.3) is 0 Å². The molecule has 1 aliphatic rings. The van der Waals surface area contributed by atoms with Crippen LogP contribution < -0.4 is 15.4 Å². The second-order valence-electron chi connectivity index (χ2n) is 5.55. The summed E-state index contributed by atoms with van der Waals surface area (Å²) in [5, 5.41) is 6.96. The topological polar surface area (TPSA) is 42.5 Å². The highest BCUT2D eigenvalue weighted by Crippen LogP contribution is 2.24. The molecule has 0 bridgehead atoms. The normalized spacial score (nSPS) is 16.6. The third kappa shape index (κ3) is 5.19. The Morgan fingerprint density at radius 1 is 1.12 bits per heavy atom. The highest BCUT2D eigenvalue weighted by Gasteiger charge is 2.15. The molecular formula is C18H19BrN2O2S. The van der Waals surface area contributed by atoms with Crippen molar-refractivity contribution < 1.29 is 9.47 Å². The zero-order chi connectivity index (χ0) is 16.8. The van der Waals surface area contributed by atoms with Crippen LogP contribution in [0.25, 0.3) is 0 Å². The van der Waals surface area contributed by atoms with Crippen LogP contribution >= 0.6 is 28.1 Å². The van der Waals surface area contributed by atoms with Crippen molar-refractivity contribution >= 4 is 38.9 Å². The van der Waals surface area contributed by atoms with Gasteiger partial charge in [0, 0.05) is 23.3 Å². The number of thiocarbonyl (C=S) groups is 1. The second-order valence-corrected chi connectivity index (χ2v) is 6.87. The lowest BCUT2D eigenvalue weighted by Gasteiger charge is -2.14. The van der Waals surface area contributed by atoms with Gasteiger partial charge in [0.2, 0.25) is 0 Å². The van der Waals surface area contributed by atoms with E-state index < -0.39 is 0 Å². The first-order chi connectivity index (χ1) is 11.7. The number of anilines is 1. The quantitative estimate of drug-likeness (QED) is 0.703. The van der Waals surface area contributed by atoms with Crippen molar-refractivity contribution in [3.63, 3.8) is 0 Å². The van der Waals surface area contributed by atoms with Crippen LogP contribution in [0.15, 0.2) is 53.0 Å². The van der Waals surface area contributed by atoms with E-state index in [2.05, 4.69) is 26.6 Å². The van der Waals surface area contributed by atoms with E-state index in [0.29, 0.717) is 5.11 Å². The molecule has 24 heavy (non-hydrogen) atoms. The predicted octanol–water partition coefficient (Wildman–Crippen LogP) is 4.71. The van der Waals surface area contributed by atoms with Gasteiger partial charge in [0.1, 0.15) is 11.5 Å². The lowest BCUT2D eigenvalue weighted by Crippen LogP contribution is -2.34. The van der Waals surface area contributed by atoms with E-state index in [0.717, 1.165) is 47.7 Å². The van der Waals surface area contributed by atoms with Crippen LogP contribution in [-0.2, 0) is 4.74 Å². The van der Waals surface area contributed by atoms with Gasteiger partial charge < -0.3 is 20.1 Å². The van der Waals surface area contributed by atoms with Gasteiger partial charge in [-0.2, -0.15) is 0 Å². The predicted molar refractivity (Wildman–Crippen MR) is 104 cm³/mol. The van der Waals surface area contributed by atoms with Gasteiger partial charge >= 0.3 is 0 Å². The highest BCUT2D eigenvalue weighted by molar-refractivity contribution is 9.10. The number of rotatable bonds is 5. The van der Waals surface area contributed by atoms with E-state index in [4.69, 9.17) is 21.7 Å². The molecule has 0 amide bonds. The van der Waals surface area contributed by atoms with E-state index in [1.54, 1.807) is 0 Å². The molecule has 0 radical (unpaired) electrons. The van der Waals surface area contributed by atoms with Gasteiger partial charge in [-0.3, -0.25) is 0 Å². The van der Waals surface area contributed by atoms with Gasteiger partial charge in [-0.05, 0) is 73.6 Å². The molecule has 2 aromatic carbocycles. The molecular weight excluding hydrogens is 388 g/mol. The van der Waals surface area contributed by atoms with Crippen LogP contribution in [-0.4, -0.2) is 24.4 Å². The Hall–Kier alpha value is -1.63. The third-order valence-electron chi connectivity index (χ3n) is 3.68. The summed E-state index contributed by atoms with van der Waals surface area (Å²) in [5.74, 6) is 1.58. The first-order valence-electron chi connectivity index (χ1n) is 7.89. The minimum atomic E-state index is 0.270. The summed E-state index contributed by atoms with van der Waals surface area (Å²) in [6.07, 6.45) is 2.50. The Morgan fingerprint density at radius 3 is 2.42 bits per heavy atom. The fraction of sp³-hybridized carbons (Fsp3) is 0.278. The van der Waals surface area contributed by atoms with E-state index in [1.165, 1.54) is 0 Å². The fourth-order valence-electron chi connectivity index (χ4n) is 2.43. The van der Waals surface area contributed by atoms with Gasteiger partial charge in [0.15, 0.2) is 5.11 Å². The molecule has 3 rings (SSSR count). The average molecular weight is 407 g/mol. The average Bonchev–Trinajstić information content (AvgIpc) is 3.10. The van der Waals surface area contributed by atoms with Crippen molar-refractivity contribution in [1.82, 2.24) is 5.32 Å². The number of ether oxygens (including phenoxy) is 2. The van der Waals surface area contributed by atoms with Gasteiger partial charge in [-0.1, -0.05) is 15.9 Å². The lowest BCUT2D eigenvalue weighted by atomic mass is 10.2. The maximum atomic E-state index is 5.79. The lowest BCUT2D eigenvalue weighted by molar-refractivity contribution is 0.114. The first-order valence-corrected chi connectivity index (χ1v) is 9.09. The summed E-state index contributed by atoms with van der Waals surface area (Å²) in [6, 6.07) is 15.4. The van der Waals surface area contributed by atoms with Crippen molar-refractivity contribution in [3.8, 4) is 11.5 Å². The Kier molecular flexibility index (Phi) is 6.07. The van der Waals surface area contributed by atoms with Crippen molar-refractivity contribution in [3.05, 3.63) is 53.0 Å². The highest BCUT2D eigenvalue weighted by atomic mass is 79.9. The summed E-state index contributed by atoms with van der Waals surface area (Å²) < 4.78 is 12.4. The Morgan fingerprint density at radius 2 is 1.79 bits per heavy atom. The van der Waals surface area contributed by atoms with Crippen molar-refractivity contribution in [1.29, 1.82) is 0 Å². The summed E-state index contributed by atoms with van der Waals surface area (Å²) in [7, 11) is 0. The fourth-order valence-corrected chi connectivity index (χ4v) is 2.90. The molecule has 2 N–H and O–H groups in total. The molecule has 1 fully saturated rings. The summed E-state index contributed by atoms with van der Waals surface area (Å²) >= 11 is 8.71. The van der Waals surface area contributed by atoms with E-state index in [1.807, 2.05) is 48.5 Å². The molecule has 4 nitrogen and oxygen atoms in total. The van der Waals surface area contributed by atoms with E-state index in [9.17, 15) is 0 Å². The molecule has 2 aromatic rings. The smallest absolute Gasteiger partial charge is 0.170 e. The van der Waals surface area contributed by atoms with Crippen LogP contribution in [0.1, 0.15) is 12.8 Å². The molecule has 1 atom stereocenters. The minimum Gasteiger partial charge on any atom is -0.457 e. The molecule has 126 valence electrons. The third-order valence-corrected chi connectivity index (χ3v) is 4.45. The maximum absolute atomic E-state index is 5.79. The summed E-state index contributed by atoms with van der Waals surface area (Å²) in [6.45, 7) is 1.60. The monoisotopic (exact) mass is 406 g/mol. The van der Waals surface area contributed by atoms with Crippen molar-refractivity contribution in [2.24, 2.45) is 0 Å². The zero-order valence-electron chi connectivity index (χ0n) is 13.1. The number of nitrogens with one attached hydrogen (secondary N) is 2. The maximum Gasteiger partial charge on any atom is 0.170 e. The number of benzene rings is 2.